The Bertz CT molecular complexity index is 373. The molecule has 0 aliphatic heterocycles. The van der Waals surface area contributed by atoms with Crippen LogP contribution in [0.4, 0.5) is 0 Å². The van der Waals surface area contributed by atoms with Crippen LogP contribution >= 0.6 is 0 Å². The summed E-state index contributed by atoms with van der Waals surface area (Å²) in [7, 11) is 1.88. The number of nitrogens with one attached hydrogen (secondary N) is 1. The lowest BCUT2D eigenvalue weighted by Gasteiger charge is -2.21. The molecule has 1 atom stereocenters. The molecular formula is C10H20N6. The van der Waals surface area contributed by atoms with Crippen molar-refractivity contribution in [3.63, 3.8) is 0 Å². The predicted octanol–water partition coefficient (Wildman–Crippen LogP) is 0.579. The minimum Gasteiger partial charge on any atom is -0.370 e. The first kappa shape index (κ1) is 12.5. The predicted molar refractivity (Wildman–Crippen MR) is 63.9 cm³/mol. The minimum atomic E-state index is -0.109. The topological polar surface area (TPSA) is 81.1 Å². The summed E-state index contributed by atoms with van der Waals surface area (Å²) in [6.07, 6.45) is 1.65. The largest absolute Gasteiger partial charge is 0.370 e. The van der Waals surface area contributed by atoms with Crippen LogP contribution < -0.4 is 11.1 Å². The number of aromatic nitrogens is 3. The first-order valence-corrected chi connectivity index (χ1v) is 5.25. The second kappa shape index (κ2) is 4.51. The second-order valence-corrected chi connectivity index (χ2v) is 4.87. The second-order valence-electron chi connectivity index (χ2n) is 4.87. The maximum absolute atomic E-state index is 5.80. The highest BCUT2D eigenvalue weighted by Gasteiger charge is 2.13. The monoisotopic (exact) mass is 224 g/mol. The first-order chi connectivity index (χ1) is 7.29. The van der Waals surface area contributed by atoms with E-state index in [0.29, 0.717) is 5.96 Å². The van der Waals surface area contributed by atoms with Crippen molar-refractivity contribution < 1.29 is 0 Å². The van der Waals surface area contributed by atoms with Gasteiger partial charge in [-0.15, -0.1) is 10.2 Å². The molecule has 6 heteroatoms. The van der Waals surface area contributed by atoms with Crippen molar-refractivity contribution in [3.8, 4) is 0 Å². The van der Waals surface area contributed by atoms with E-state index in [0.717, 1.165) is 5.82 Å². The molecule has 0 bridgehead atoms. The zero-order chi connectivity index (χ0) is 12.3. The number of nitrogens with zero attached hydrogens (tertiary/aromatic N) is 4. The Morgan fingerprint density at radius 2 is 2.19 bits per heavy atom. The molecule has 1 aromatic heterocycles. The van der Waals surface area contributed by atoms with Crippen molar-refractivity contribution in [2.24, 2.45) is 17.8 Å². The van der Waals surface area contributed by atoms with Gasteiger partial charge in [-0.05, 0) is 27.7 Å². The Kier molecular flexibility index (Phi) is 3.51. The summed E-state index contributed by atoms with van der Waals surface area (Å²) < 4.78 is 1.83. The van der Waals surface area contributed by atoms with Crippen LogP contribution in [0.15, 0.2) is 11.3 Å². The number of nitrogens with two attached hydrogens (primary N) is 1. The molecule has 0 aliphatic rings. The molecule has 0 amide bonds. The van der Waals surface area contributed by atoms with Gasteiger partial charge in [0.1, 0.15) is 12.4 Å². The number of hydrogen-bond acceptors (Lipinski definition) is 3. The fourth-order valence-electron chi connectivity index (χ4n) is 1.35. The van der Waals surface area contributed by atoms with Gasteiger partial charge in [0.15, 0.2) is 11.8 Å². The Morgan fingerprint density at radius 1 is 1.56 bits per heavy atom. The number of aliphatic imine (C=N–C) groups is 1. The highest BCUT2D eigenvalue weighted by molar-refractivity contribution is 5.78. The molecule has 3 N–H and O–H groups in total. The standard InChI is InChI=1S/C10H20N6/c1-7(8-15-12-6-16(8)5)13-9(11)14-10(2,3)4/h6-7H,1-5H3,(H3,11,13,14). The van der Waals surface area contributed by atoms with E-state index in [1.165, 1.54) is 0 Å². The SMILES string of the molecule is CC(N=C(N)NC(C)(C)C)c1nncn1C. The Labute approximate surface area is 96.0 Å². The van der Waals surface area contributed by atoms with Gasteiger partial charge in [0.25, 0.3) is 0 Å². The van der Waals surface area contributed by atoms with E-state index in [4.69, 9.17) is 5.73 Å². The maximum atomic E-state index is 5.80. The lowest BCUT2D eigenvalue weighted by atomic mass is 10.1. The molecule has 1 aromatic rings. The fourth-order valence-corrected chi connectivity index (χ4v) is 1.35. The third-order valence-electron chi connectivity index (χ3n) is 1.96. The van der Waals surface area contributed by atoms with E-state index < -0.39 is 0 Å². The zero-order valence-corrected chi connectivity index (χ0v) is 10.5. The Hall–Kier alpha value is -1.59. The summed E-state index contributed by atoms with van der Waals surface area (Å²) >= 11 is 0. The normalized spacial score (nSPS) is 14.9. The molecule has 16 heavy (non-hydrogen) atoms. The molecule has 0 aromatic carbocycles. The summed E-state index contributed by atoms with van der Waals surface area (Å²) in [6.45, 7) is 8.02. The van der Waals surface area contributed by atoms with Crippen molar-refractivity contribution in [2.45, 2.75) is 39.3 Å². The highest BCUT2D eigenvalue weighted by atomic mass is 15.3. The molecule has 1 heterocycles. The maximum Gasteiger partial charge on any atom is 0.189 e. The molecule has 0 fully saturated rings. The van der Waals surface area contributed by atoms with Crippen molar-refractivity contribution in [2.75, 3.05) is 0 Å². The van der Waals surface area contributed by atoms with Crippen molar-refractivity contribution >= 4 is 5.96 Å². The van der Waals surface area contributed by atoms with Crippen LogP contribution in [0.25, 0.3) is 0 Å². The van der Waals surface area contributed by atoms with Gasteiger partial charge in [-0.25, -0.2) is 4.99 Å². The average Bonchev–Trinajstić information content (AvgIpc) is 2.47. The average molecular weight is 224 g/mol. The number of hydrogen-bond donors (Lipinski definition) is 2. The highest BCUT2D eigenvalue weighted by Crippen LogP contribution is 2.12. The van der Waals surface area contributed by atoms with Crippen molar-refractivity contribution in [3.05, 3.63) is 12.2 Å². The summed E-state index contributed by atoms with van der Waals surface area (Å²) in [4.78, 5) is 4.33. The van der Waals surface area contributed by atoms with Crippen LogP contribution in [0.2, 0.25) is 0 Å². The molecule has 0 spiro atoms. The van der Waals surface area contributed by atoms with Gasteiger partial charge in [-0.1, -0.05) is 0 Å². The summed E-state index contributed by atoms with van der Waals surface area (Å²) in [5, 5.41) is 10.9. The number of aryl methyl sites for hydroxylation is 1. The molecule has 90 valence electrons. The van der Waals surface area contributed by atoms with Gasteiger partial charge in [0.05, 0.1) is 0 Å². The van der Waals surface area contributed by atoms with Crippen LogP contribution in [0.1, 0.15) is 39.6 Å². The molecular weight excluding hydrogens is 204 g/mol. The lowest BCUT2D eigenvalue weighted by molar-refractivity contribution is 0.506. The quantitative estimate of drug-likeness (QED) is 0.568. The van der Waals surface area contributed by atoms with E-state index in [-0.39, 0.29) is 11.6 Å². The molecule has 1 rings (SSSR count). The molecule has 6 nitrogen and oxygen atoms in total. The van der Waals surface area contributed by atoms with Gasteiger partial charge in [0.2, 0.25) is 0 Å². The van der Waals surface area contributed by atoms with E-state index in [1.54, 1.807) is 6.33 Å². The smallest absolute Gasteiger partial charge is 0.189 e. The molecule has 0 saturated heterocycles. The van der Waals surface area contributed by atoms with Crippen molar-refractivity contribution in [1.29, 1.82) is 0 Å². The number of guanidine groups is 1. The van der Waals surface area contributed by atoms with Gasteiger partial charge >= 0.3 is 0 Å². The van der Waals surface area contributed by atoms with Crippen LogP contribution in [0, 0.1) is 0 Å². The third kappa shape index (κ3) is 3.52. The van der Waals surface area contributed by atoms with Crippen LogP contribution in [0.5, 0.6) is 0 Å². The van der Waals surface area contributed by atoms with Gasteiger partial charge in [-0.3, -0.25) is 0 Å². The number of rotatable bonds is 2. The van der Waals surface area contributed by atoms with Crippen LogP contribution in [-0.4, -0.2) is 26.3 Å². The van der Waals surface area contributed by atoms with E-state index in [1.807, 2.05) is 39.3 Å². The molecule has 0 saturated carbocycles. The van der Waals surface area contributed by atoms with Gasteiger partial charge < -0.3 is 15.6 Å². The fraction of sp³-hybridized carbons (Fsp3) is 0.700. The van der Waals surface area contributed by atoms with E-state index in [2.05, 4.69) is 20.5 Å². The van der Waals surface area contributed by atoms with Crippen LogP contribution in [0.3, 0.4) is 0 Å². The van der Waals surface area contributed by atoms with E-state index >= 15 is 0 Å². The first-order valence-electron chi connectivity index (χ1n) is 5.25. The van der Waals surface area contributed by atoms with Crippen molar-refractivity contribution in [1.82, 2.24) is 20.1 Å². The zero-order valence-electron chi connectivity index (χ0n) is 10.5. The summed E-state index contributed by atoms with van der Waals surface area (Å²) in [5.41, 5.74) is 5.71. The van der Waals surface area contributed by atoms with Gasteiger partial charge in [0, 0.05) is 12.6 Å². The summed E-state index contributed by atoms with van der Waals surface area (Å²) in [5.74, 6) is 1.21. The molecule has 0 aliphatic carbocycles. The Morgan fingerprint density at radius 3 is 2.62 bits per heavy atom. The minimum absolute atomic E-state index is 0.0901. The van der Waals surface area contributed by atoms with Crippen LogP contribution in [-0.2, 0) is 7.05 Å². The van der Waals surface area contributed by atoms with Gasteiger partial charge in [-0.2, -0.15) is 0 Å². The molecule has 0 radical (unpaired) electrons. The lowest BCUT2D eigenvalue weighted by Crippen LogP contribution is -2.45. The Balaban J connectivity index is 2.73. The van der Waals surface area contributed by atoms with E-state index in [9.17, 15) is 0 Å². The summed E-state index contributed by atoms with van der Waals surface area (Å²) in [6, 6.07) is -0.109. The third-order valence-corrected chi connectivity index (χ3v) is 1.96. The molecule has 1 unspecified atom stereocenters.